The van der Waals surface area contributed by atoms with Crippen LogP contribution in [0.5, 0.6) is 0 Å². The molecule has 2 fully saturated rings. The van der Waals surface area contributed by atoms with E-state index in [1.165, 1.54) is 13.3 Å². The van der Waals surface area contributed by atoms with Crippen LogP contribution >= 0.6 is 0 Å². The van der Waals surface area contributed by atoms with Crippen molar-refractivity contribution in [2.24, 2.45) is 0 Å². The van der Waals surface area contributed by atoms with Crippen molar-refractivity contribution in [2.45, 2.75) is 50.4 Å². The smallest absolute Gasteiger partial charge is 0.272 e. The number of aliphatic hydroxyl groups is 1. The molecule has 0 unspecified atom stereocenters. The van der Waals surface area contributed by atoms with Crippen LogP contribution in [-0.4, -0.2) is 73.4 Å². The zero-order valence-electron chi connectivity index (χ0n) is 16.1. The molecule has 2 N–H and O–H groups in total. The molecule has 2 saturated heterocycles. The molecule has 2 amide bonds. The molecule has 0 radical (unpaired) electrons. The molecule has 1 spiro atoms. The summed E-state index contributed by atoms with van der Waals surface area (Å²) in [6.45, 7) is 4.50. The van der Waals surface area contributed by atoms with Crippen LogP contribution in [0.1, 0.15) is 43.6 Å². The van der Waals surface area contributed by atoms with Gasteiger partial charge in [0.2, 0.25) is 5.91 Å². The molecule has 2 aliphatic rings. The van der Waals surface area contributed by atoms with Gasteiger partial charge in [0.05, 0.1) is 23.9 Å². The lowest BCUT2D eigenvalue weighted by Gasteiger charge is -2.51. The third kappa shape index (κ3) is 3.35. The van der Waals surface area contributed by atoms with Crippen LogP contribution in [0.15, 0.2) is 24.5 Å². The molecule has 150 valence electrons. The number of carbonyl (C=O) groups is 2. The van der Waals surface area contributed by atoms with Crippen molar-refractivity contribution in [2.75, 3.05) is 19.7 Å². The van der Waals surface area contributed by atoms with Crippen LogP contribution in [-0.2, 0) is 9.53 Å². The Kier molecular flexibility index (Phi) is 4.59. The number of rotatable bonds is 2. The number of ether oxygens (including phenoxy) is 1. The number of fused-ring (bicyclic) bond motifs is 1. The fourth-order valence-corrected chi connectivity index (χ4v) is 4.32. The van der Waals surface area contributed by atoms with Crippen molar-refractivity contribution in [1.82, 2.24) is 24.8 Å². The Bertz CT molecular complexity index is 901. The number of hydrogen-bond donors (Lipinski definition) is 2. The Hall–Kier alpha value is -2.52. The normalized spacial score (nSPS) is 27.1. The lowest BCUT2D eigenvalue weighted by atomic mass is 9.75. The molecule has 28 heavy (non-hydrogen) atoms. The van der Waals surface area contributed by atoms with Gasteiger partial charge in [0.15, 0.2) is 5.65 Å². The van der Waals surface area contributed by atoms with E-state index in [0.29, 0.717) is 43.7 Å². The molecule has 2 aromatic heterocycles. The van der Waals surface area contributed by atoms with Gasteiger partial charge in [-0.3, -0.25) is 9.59 Å². The van der Waals surface area contributed by atoms with Crippen LogP contribution in [0, 0.1) is 0 Å². The van der Waals surface area contributed by atoms with Gasteiger partial charge in [-0.25, -0.2) is 9.50 Å². The van der Waals surface area contributed by atoms with E-state index in [9.17, 15) is 14.7 Å². The van der Waals surface area contributed by atoms with Crippen LogP contribution in [0.4, 0.5) is 0 Å². The van der Waals surface area contributed by atoms with Crippen molar-refractivity contribution in [3.05, 3.63) is 30.2 Å². The number of likely N-dealkylation sites (tertiary alicyclic amines) is 1. The number of nitrogens with one attached hydrogen (secondary N) is 1. The van der Waals surface area contributed by atoms with Crippen molar-refractivity contribution in [3.8, 4) is 0 Å². The van der Waals surface area contributed by atoms with E-state index in [-0.39, 0.29) is 18.4 Å². The topological polar surface area (TPSA) is 109 Å². The zero-order chi connectivity index (χ0) is 19.9. The van der Waals surface area contributed by atoms with Crippen LogP contribution in [0.25, 0.3) is 5.65 Å². The first-order valence-corrected chi connectivity index (χ1v) is 9.51. The number of aromatic nitrogens is 3. The summed E-state index contributed by atoms with van der Waals surface area (Å²) in [6, 6.07) is 4.92. The fraction of sp³-hybridized carbons (Fsp3) is 0.579. The quantitative estimate of drug-likeness (QED) is 0.771. The highest BCUT2D eigenvalue weighted by molar-refractivity contribution is 5.93. The van der Waals surface area contributed by atoms with Crippen molar-refractivity contribution >= 4 is 17.5 Å². The number of nitrogens with zero attached hydrogens (tertiary/aromatic N) is 4. The molecule has 0 saturated carbocycles. The molecule has 2 aromatic rings. The van der Waals surface area contributed by atoms with Gasteiger partial charge in [0.1, 0.15) is 12.0 Å². The van der Waals surface area contributed by atoms with E-state index in [2.05, 4.69) is 15.4 Å². The van der Waals surface area contributed by atoms with Crippen molar-refractivity contribution in [1.29, 1.82) is 0 Å². The first-order valence-electron chi connectivity index (χ1n) is 9.51. The largest absolute Gasteiger partial charge is 0.388 e. The number of piperidine rings is 1. The number of amides is 2. The predicted octanol–water partition coefficient (Wildman–Crippen LogP) is 0.380. The number of hydrogen-bond acceptors (Lipinski definition) is 6. The summed E-state index contributed by atoms with van der Waals surface area (Å²) in [4.78, 5) is 30.3. The Morgan fingerprint density at radius 1 is 1.32 bits per heavy atom. The molecule has 4 rings (SSSR count). The fourth-order valence-electron chi connectivity index (χ4n) is 4.32. The molecular weight excluding hydrogens is 362 g/mol. The molecule has 4 heterocycles. The Morgan fingerprint density at radius 3 is 2.75 bits per heavy atom. The van der Waals surface area contributed by atoms with Crippen LogP contribution in [0.3, 0.4) is 0 Å². The van der Waals surface area contributed by atoms with E-state index in [0.717, 1.165) is 0 Å². The minimum atomic E-state index is -1.05. The average molecular weight is 387 g/mol. The molecule has 9 heteroatoms. The van der Waals surface area contributed by atoms with E-state index in [1.807, 2.05) is 0 Å². The maximum atomic E-state index is 13.0. The first-order chi connectivity index (χ1) is 13.3. The monoisotopic (exact) mass is 387 g/mol. The highest BCUT2D eigenvalue weighted by atomic mass is 16.5. The van der Waals surface area contributed by atoms with Gasteiger partial charge in [0.25, 0.3) is 5.91 Å². The summed E-state index contributed by atoms with van der Waals surface area (Å²) < 4.78 is 7.66. The molecular formula is C19H25N5O4. The lowest BCUT2D eigenvalue weighted by Crippen LogP contribution is -2.64. The van der Waals surface area contributed by atoms with E-state index in [4.69, 9.17) is 4.74 Å². The van der Waals surface area contributed by atoms with Gasteiger partial charge >= 0.3 is 0 Å². The number of carbonyl (C=O) groups excluding carboxylic acids is 2. The SMILES string of the molecule is CC(=O)N[C@H]1COC2(CCN(C(=O)c3cccc4ncnn34)CC2)C[C@]1(C)O. The standard InChI is InChI=1S/C19H25N5O4/c1-13(25)22-15-10-28-19(11-18(15,2)27)6-8-23(9-7-19)17(26)14-4-3-5-16-20-12-21-24(14)16/h3-5,12,15,27H,6-11H2,1-2H3,(H,22,25)/t15-,18-/m0/s1. The highest BCUT2D eigenvalue weighted by Crippen LogP contribution is 2.39. The Labute approximate surface area is 162 Å². The average Bonchev–Trinajstić information content (AvgIpc) is 3.12. The van der Waals surface area contributed by atoms with Gasteiger partial charge in [-0.1, -0.05) is 6.07 Å². The molecule has 0 bridgehead atoms. The molecule has 9 nitrogen and oxygen atoms in total. The zero-order valence-corrected chi connectivity index (χ0v) is 16.1. The van der Waals surface area contributed by atoms with Crippen molar-refractivity contribution in [3.63, 3.8) is 0 Å². The summed E-state index contributed by atoms with van der Waals surface area (Å²) >= 11 is 0. The summed E-state index contributed by atoms with van der Waals surface area (Å²) in [6.07, 6.45) is 3.12. The van der Waals surface area contributed by atoms with Gasteiger partial charge in [-0.15, -0.1) is 0 Å². The summed E-state index contributed by atoms with van der Waals surface area (Å²) in [7, 11) is 0. The summed E-state index contributed by atoms with van der Waals surface area (Å²) in [5, 5.41) is 17.8. The van der Waals surface area contributed by atoms with E-state index < -0.39 is 17.2 Å². The Balaban J connectivity index is 1.44. The van der Waals surface area contributed by atoms with E-state index in [1.54, 1.807) is 34.5 Å². The van der Waals surface area contributed by atoms with Crippen molar-refractivity contribution < 1.29 is 19.4 Å². The van der Waals surface area contributed by atoms with Gasteiger partial charge < -0.3 is 20.1 Å². The third-order valence-corrected chi connectivity index (χ3v) is 5.85. The molecule has 2 atom stereocenters. The lowest BCUT2D eigenvalue weighted by molar-refractivity contribution is -0.187. The Morgan fingerprint density at radius 2 is 2.07 bits per heavy atom. The van der Waals surface area contributed by atoms with E-state index >= 15 is 0 Å². The minimum absolute atomic E-state index is 0.0929. The first kappa shape index (κ1) is 18.8. The summed E-state index contributed by atoms with van der Waals surface area (Å²) in [5.41, 5.74) is -0.417. The van der Waals surface area contributed by atoms with Gasteiger partial charge in [0, 0.05) is 26.4 Å². The maximum Gasteiger partial charge on any atom is 0.272 e. The third-order valence-electron chi connectivity index (χ3n) is 5.85. The molecule has 2 aliphatic heterocycles. The molecule has 0 aromatic carbocycles. The minimum Gasteiger partial charge on any atom is -0.388 e. The van der Waals surface area contributed by atoms with Crippen LogP contribution in [0.2, 0.25) is 0 Å². The van der Waals surface area contributed by atoms with Gasteiger partial charge in [-0.05, 0) is 31.9 Å². The predicted molar refractivity (Wildman–Crippen MR) is 99.7 cm³/mol. The van der Waals surface area contributed by atoms with Gasteiger partial charge in [-0.2, -0.15) is 5.10 Å². The molecule has 0 aliphatic carbocycles. The summed E-state index contributed by atoms with van der Waals surface area (Å²) in [5.74, 6) is -0.280. The second kappa shape index (κ2) is 6.82. The highest BCUT2D eigenvalue weighted by Gasteiger charge is 2.49. The number of pyridine rings is 1. The second-order valence-corrected chi connectivity index (χ2v) is 8.01. The second-order valence-electron chi connectivity index (χ2n) is 8.01. The maximum absolute atomic E-state index is 13.0. The van der Waals surface area contributed by atoms with Crippen LogP contribution < -0.4 is 5.32 Å².